The van der Waals surface area contributed by atoms with E-state index in [1.54, 1.807) is 6.92 Å². The second-order valence-electron chi connectivity index (χ2n) is 9.35. The van der Waals surface area contributed by atoms with Gasteiger partial charge in [0, 0.05) is 35.8 Å². The molecule has 2 aromatic carbocycles. The lowest BCUT2D eigenvalue weighted by molar-refractivity contribution is -0.117. The van der Waals surface area contributed by atoms with Crippen LogP contribution in [0.25, 0.3) is 0 Å². The minimum absolute atomic E-state index is 0.0255. The highest BCUT2D eigenvalue weighted by molar-refractivity contribution is 7.79. The lowest BCUT2D eigenvalue weighted by Crippen LogP contribution is -2.49. The molecule has 1 amide bonds. The molecule has 1 saturated heterocycles. The molecule has 0 radical (unpaired) electrons. The number of carbonyl (C=O) groups excluding carboxylic acids is 1. The standard InChI is InChI=1S/C24H31Cl2N3O4.H2O4S/c1-24(32,15-33-22-12-21(30)20(26)10-17(22)11-23(27)31)14-28-19-6-8-29(9-7-19)13-16-2-4-18(25)5-3-16;1-5(2,3)4/h2-5,10,12,19,28,30,32H,6-9,11,13-15H2,1H3,(H2,27,31);(H2,1,2,3,4)/t24-;/m0./s1. The van der Waals surface area contributed by atoms with Crippen molar-refractivity contribution >= 4 is 39.5 Å². The van der Waals surface area contributed by atoms with E-state index in [1.807, 2.05) is 12.1 Å². The van der Waals surface area contributed by atoms with Crippen molar-refractivity contribution in [2.75, 3.05) is 26.2 Å². The molecule has 0 aliphatic carbocycles. The van der Waals surface area contributed by atoms with Crippen molar-refractivity contribution in [3.05, 3.63) is 57.6 Å². The van der Waals surface area contributed by atoms with Crippen molar-refractivity contribution in [2.24, 2.45) is 5.73 Å². The van der Waals surface area contributed by atoms with Crippen LogP contribution in [-0.2, 0) is 28.2 Å². The van der Waals surface area contributed by atoms with Crippen molar-refractivity contribution in [2.45, 2.75) is 44.4 Å². The van der Waals surface area contributed by atoms with Crippen molar-refractivity contribution in [3.63, 3.8) is 0 Å². The van der Waals surface area contributed by atoms with Crippen LogP contribution in [0.5, 0.6) is 11.5 Å². The van der Waals surface area contributed by atoms with Gasteiger partial charge in [0.05, 0.1) is 11.4 Å². The first-order valence-corrected chi connectivity index (χ1v) is 13.8. The molecule has 1 atom stereocenters. The molecule has 212 valence electrons. The Morgan fingerprint density at radius 3 is 2.32 bits per heavy atom. The van der Waals surface area contributed by atoms with Gasteiger partial charge in [0.15, 0.2) is 0 Å². The summed E-state index contributed by atoms with van der Waals surface area (Å²) >= 11 is 11.9. The number of aromatic hydroxyl groups is 1. The largest absolute Gasteiger partial charge is 0.506 e. The first kappa shape index (κ1) is 32.1. The molecule has 7 N–H and O–H groups in total. The molecule has 1 aliphatic heterocycles. The summed E-state index contributed by atoms with van der Waals surface area (Å²) < 4.78 is 37.3. The molecule has 0 bridgehead atoms. The maximum Gasteiger partial charge on any atom is 0.394 e. The maximum atomic E-state index is 11.3. The summed E-state index contributed by atoms with van der Waals surface area (Å²) in [6.07, 6.45) is 1.89. The number of amides is 1. The Morgan fingerprint density at radius 2 is 1.76 bits per heavy atom. The van der Waals surface area contributed by atoms with Gasteiger partial charge in [-0.05, 0) is 56.6 Å². The average Bonchev–Trinajstić information content (AvgIpc) is 2.80. The number of nitrogens with zero attached hydrogens (tertiary/aromatic N) is 1. The minimum Gasteiger partial charge on any atom is -0.506 e. The Bertz CT molecular complexity index is 1160. The van der Waals surface area contributed by atoms with Crippen molar-refractivity contribution < 1.29 is 37.3 Å². The van der Waals surface area contributed by atoms with E-state index in [4.69, 9.17) is 51.2 Å². The molecular weight excluding hydrogens is 561 g/mol. The highest BCUT2D eigenvalue weighted by Crippen LogP contribution is 2.32. The number of aliphatic hydroxyl groups is 1. The molecule has 0 aromatic heterocycles. The van der Waals surface area contributed by atoms with Gasteiger partial charge in [0.2, 0.25) is 5.91 Å². The Kier molecular flexibility index (Phi) is 12.1. The quantitative estimate of drug-likeness (QED) is 0.224. The first-order chi connectivity index (χ1) is 17.6. The molecule has 1 fully saturated rings. The molecule has 1 aliphatic rings. The number of likely N-dealkylation sites (tertiary alicyclic amines) is 1. The van der Waals surface area contributed by atoms with Gasteiger partial charge in [-0.15, -0.1) is 0 Å². The van der Waals surface area contributed by atoms with Crippen LogP contribution in [-0.4, -0.2) is 76.4 Å². The van der Waals surface area contributed by atoms with E-state index in [2.05, 4.69) is 22.3 Å². The maximum absolute atomic E-state index is 11.3. The van der Waals surface area contributed by atoms with Crippen LogP contribution in [0.15, 0.2) is 36.4 Å². The van der Waals surface area contributed by atoms with Crippen LogP contribution in [0.4, 0.5) is 0 Å². The third kappa shape index (κ3) is 12.6. The normalized spacial score (nSPS) is 16.3. The summed E-state index contributed by atoms with van der Waals surface area (Å²) in [5.41, 5.74) is 5.84. The smallest absolute Gasteiger partial charge is 0.394 e. The molecule has 1 heterocycles. The SMILES string of the molecule is C[C@](O)(CNC1CCN(Cc2ccc(Cl)cc2)CC1)COc1cc(O)c(Cl)cc1CC(N)=O.O=S(=O)(O)O. The van der Waals surface area contributed by atoms with Gasteiger partial charge in [-0.1, -0.05) is 35.3 Å². The minimum atomic E-state index is -4.67. The number of rotatable bonds is 10. The molecule has 38 heavy (non-hydrogen) atoms. The fraction of sp³-hybridized carbons (Fsp3) is 0.458. The van der Waals surface area contributed by atoms with Crippen LogP contribution in [0.2, 0.25) is 10.0 Å². The fourth-order valence-electron chi connectivity index (χ4n) is 3.84. The number of hydrogen-bond acceptors (Lipinski definition) is 8. The summed E-state index contributed by atoms with van der Waals surface area (Å²) in [6.45, 7) is 4.84. The number of ether oxygens (including phenoxy) is 1. The zero-order chi connectivity index (χ0) is 28.5. The van der Waals surface area contributed by atoms with Crippen LogP contribution in [0, 0.1) is 0 Å². The van der Waals surface area contributed by atoms with E-state index in [1.165, 1.54) is 17.7 Å². The van der Waals surface area contributed by atoms with Crippen LogP contribution in [0.1, 0.15) is 30.9 Å². The highest BCUT2D eigenvalue weighted by atomic mass is 35.5. The Morgan fingerprint density at radius 1 is 1.18 bits per heavy atom. The molecule has 0 saturated carbocycles. The fourth-order valence-corrected chi connectivity index (χ4v) is 4.15. The van der Waals surface area contributed by atoms with E-state index < -0.39 is 21.9 Å². The predicted octanol–water partition coefficient (Wildman–Crippen LogP) is 2.46. The van der Waals surface area contributed by atoms with Gasteiger partial charge in [0.25, 0.3) is 0 Å². The number of nitrogens with two attached hydrogens (primary N) is 1. The zero-order valence-corrected chi connectivity index (χ0v) is 23.1. The monoisotopic (exact) mass is 593 g/mol. The number of phenols is 1. The molecule has 3 rings (SSSR count). The lowest BCUT2D eigenvalue weighted by atomic mass is 10.0. The Hall–Kier alpha value is -2.16. The number of carbonyl (C=O) groups is 1. The van der Waals surface area contributed by atoms with E-state index in [0.29, 0.717) is 18.2 Å². The molecule has 11 nitrogen and oxygen atoms in total. The number of halogens is 2. The number of nitrogens with one attached hydrogen (secondary N) is 1. The lowest BCUT2D eigenvalue weighted by Gasteiger charge is -2.34. The highest BCUT2D eigenvalue weighted by Gasteiger charge is 2.26. The summed E-state index contributed by atoms with van der Waals surface area (Å²) in [7, 11) is -4.67. The summed E-state index contributed by atoms with van der Waals surface area (Å²) in [5, 5.41) is 24.9. The van der Waals surface area contributed by atoms with Crippen molar-refractivity contribution in [1.29, 1.82) is 0 Å². The van der Waals surface area contributed by atoms with Crippen LogP contribution in [0.3, 0.4) is 0 Å². The van der Waals surface area contributed by atoms with E-state index >= 15 is 0 Å². The second kappa shape index (κ2) is 14.3. The van der Waals surface area contributed by atoms with Gasteiger partial charge < -0.3 is 26.0 Å². The van der Waals surface area contributed by atoms with Crippen LogP contribution < -0.4 is 15.8 Å². The van der Waals surface area contributed by atoms with Gasteiger partial charge >= 0.3 is 10.4 Å². The van der Waals surface area contributed by atoms with Gasteiger partial charge in [-0.25, -0.2) is 0 Å². The van der Waals surface area contributed by atoms with Gasteiger partial charge in [0.1, 0.15) is 23.7 Å². The van der Waals surface area contributed by atoms with E-state index in [-0.39, 0.29) is 29.5 Å². The van der Waals surface area contributed by atoms with E-state index in [0.717, 1.165) is 37.5 Å². The first-order valence-electron chi connectivity index (χ1n) is 11.7. The second-order valence-corrected chi connectivity index (χ2v) is 11.1. The predicted molar refractivity (Wildman–Crippen MR) is 144 cm³/mol. The third-order valence-electron chi connectivity index (χ3n) is 5.71. The van der Waals surface area contributed by atoms with Crippen LogP contribution >= 0.6 is 23.2 Å². The number of primary amides is 1. The Labute approximate surface area is 232 Å². The summed E-state index contributed by atoms with van der Waals surface area (Å²) in [6, 6.07) is 11.0. The molecular formula is C24H33Cl2N3O8S. The van der Waals surface area contributed by atoms with Crippen molar-refractivity contribution in [3.8, 4) is 11.5 Å². The summed E-state index contributed by atoms with van der Waals surface area (Å²) in [4.78, 5) is 13.7. The number of hydrogen-bond donors (Lipinski definition) is 6. The number of piperidine rings is 1. The Balaban J connectivity index is 0.000000926. The van der Waals surface area contributed by atoms with Gasteiger partial charge in [-0.2, -0.15) is 8.42 Å². The zero-order valence-electron chi connectivity index (χ0n) is 20.8. The van der Waals surface area contributed by atoms with Crippen molar-refractivity contribution in [1.82, 2.24) is 10.2 Å². The average molecular weight is 595 g/mol. The third-order valence-corrected chi connectivity index (χ3v) is 6.27. The van der Waals surface area contributed by atoms with Gasteiger partial charge in [-0.3, -0.25) is 18.8 Å². The summed E-state index contributed by atoms with van der Waals surface area (Å²) in [5.74, 6) is -0.438. The molecule has 2 aromatic rings. The number of phenolic OH excluding ortho intramolecular Hbond substituents is 1. The van der Waals surface area contributed by atoms with E-state index in [9.17, 15) is 15.0 Å². The number of benzene rings is 2. The molecule has 0 spiro atoms. The molecule has 0 unspecified atom stereocenters. The molecule has 14 heteroatoms. The topological polar surface area (TPSA) is 183 Å².